The van der Waals surface area contributed by atoms with E-state index in [0.29, 0.717) is 11.7 Å². The summed E-state index contributed by atoms with van der Waals surface area (Å²) in [6.45, 7) is 1.15. The molecule has 2 atom stereocenters. The van der Waals surface area contributed by atoms with Gasteiger partial charge >= 0.3 is 0 Å². The van der Waals surface area contributed by atoms with Crippen LogP contribution in [0.2, 0.25) is 0 Å². The van der Waals surface area contributed by atoms with E-state index < -0.39 is 0 Å². The van der Waals surface area contributed by atoms with E-state index in [1.165, 1.54) is 31.2 Å². The van der Waals surface area contributed by atoms with Gasteiger partial charge in [0.1, 0.15) is 5.75 Å². The molecule has 2 rings (SSSR count). The third-order valence-corrected chi connectivity index (χ3v) is 3.81. The summed E-state index contributed by atoms with van der Waals surface area (Å²) in [5.74, 6) is 1.76. The van der Waals surface area contributed by atoms with Crippen LogP contribution in [0.15, 0.2) is 24.3 Å². The maximum atomic E-state index is 9.60. The third-order valence-electron chi connectivity index (χ3n) is 3.81. The molecule has 1 N–H and O–H groups in total. The zero-order valence-electron chi connectivity index (χ0n) is 11.7. The van der Waals surface area contributed by atoms with Crippen LogP contribution < -0.4 is 0 Å². The van der Waals surface area contributed by atoms with Crippen molar-refractivity contribution >= 4 is 24.8 Å². The fourth-order valence-corrected chi connectivity index (χ4v) is 3.09. The van der Waals surface area contributed by atoms with E-state index in [2.05, 4.69) is 25.1 Å². The number of phenolic OH excluding ortho intramolecular Hbond substituents is 1. The molecule has 1 fully saturated rings. The molecule has 0 aliphatic heterocycles. The van der Waals surface area contributed by atoms with Crippen LogP contribution in [0, 0.1) is 5.92 Å². The molecule has 1 aliphatic carbocycles. The van der Waals surface area contributed by atoms with Crippen molar-refractivity contribution in [2.75, 3.05) is 20.6 Å². The molecule has 0 bridgehead atoms. The van der Waals surface area contributed by atoms with Crippen molar-refractivity contribution in [3.05, 3.63) is 29.8 Å². The number of aromatic hydroxyl groups is 1. The maximum Gasteiger partial charge on any atom is 0.115 e. The molecule has 4 heteroatoms. The van der Waals surface area contributed by atoms with Gasteiger partial charge in [-0.2, -0.15) is 0 Å². The van der Waals surface area contributed by atoms with Gasteiger partial charge in [0.2, 0.25) is 0 Å². The monoisotopic (exact) mass is 305 g/mol. The number of rotatable bonds is 3. The summed E-state index contributed by atoms with van der Waals surface area (Å²) < 4.78 is 0. The van der Waals surface area contributed by atoms with Crippen LogP contribution in [-0.4, -0.2) is 30.6 Å². The van der Waals surface area contributed by atoms with Crippen LogP contribution >= 0.6 is 24.8 Å². The van der Waals surface area contributed by atoms with Crippen LogP contribution in [0.4, 0.5) is 0 Å². The smallest absolute Gasteiger partial charge is 0.115 e. The van der Waals surface area contributed by atoms with Crippen molar-refractivity contribution in [3.63, 3.8) is 0 Å². The Morgan fingerprint density at radius 2 is 1.84 bits per heavy atom. The molecule has 1 aromatic rings. The van der Waals surface area contributed by atoms with Crippen LogP contribution in [-0.2, 0) is 0 Å². The van der Waals surface area contributed by atoms with E-state index in [-0.39, 0.29) is 24.8 Å². The minimum atomic E-state index is 0. The lowest BCUT2D eigenvalue weighted by molar-refractivity contribution is 0.233. The SMILES string of the molecule is CN(C)CC1CCCCC1c1cccc(O)c1.Cl.Cl. The van der Waals surface area contributed by atoms with Gasteiger partial charge in [0.15, 0.2) is 0 Å². The largest absolute Gasteiger partial charge is 0.508 e. The molecule has 1 saturated carbocycles. The first kappa shape index (κ1) is 18.6. The molecule has 0 saturated heterocycles. The molecule has 0 radical (unpaired) electrons. The number of hydrogen-bond donors (Lipinski definition) is 1. The van der Waals surface area contributed by atoms with Crippen LogP contribution in [0.1, 0.15) is 37.2 Å². The van der Waals surface area contributed by atoms with E-state index >= 15 is 0 Å². The quantitative estimate of drug-likeness (QED) is 0.910. The molecule has 0 heterocycles. The van der Waals surface area contributed by atoms with E-state index in [1.807, 2.05) is 12.1 Å². The highest BCUT2D eigenvalue weighted by atomic mass is 35.5. The van der Waals surface area contributed by atoms with Crippen LogP contribution in [0.3, 0.4) is 0 Å². The fourth-order valence-electron chi connectivity index (χ4n) is 3.09. The van der Waals surface area contributed by atoms with Gasteiger partial charge in [0, 0.05) is 6.54 Å². The number of nitrogens with zero attached hydrogens (tertiary/aromatic N) is 1. The number of halogens is 2. The Bertz CT molecular complexity index is 371. The first-order chi connectivity index (χ1) is 8.16. The average Bonchev–Trinajstić information content (AvgIpc) is 2.29. The molecule has 110 valence electrons. The lowest BCUT2D eigenvalue weighted by Crippen LogP contribution is -2.28. The predicted octanol–water partition coefficient (Wildman–Crippen LogP) is 4.07. The molecule has 2 nitrogen and oxygen atoms in total. The summed E-state index contributed by atoms with van der Waals surface area (Å²) in [4.78, 5) is 2.28. The van der Waals surface area contributed by atoms with E-state index in [4.69, 9.17) is 0 Å². The predicted molar refractivity (Wildman–Crippen MR) is 85.9 cm³/mol. The highest BCUT2D eigenvalue weighted by Gasteiger charge is 2.26. The zero-order valence-corrected chi connectivity index (χ0v) is 13.3. The van der Waals surface area contributed by atoms with Crippen molar-refractivity contribution in [2.24, 2.45) is 5.92 Å². The Morgan fingerprint density at radius 1 is 1.16 bits per heavy atom. The van der Waals surface area contributed by atoms with E-state index in [0.717, 1.165) is 12.5 Å². The summed E-state index contributed by atoms with van der Waals surface area (Å²) in [5.41, 5.74) is 1.32. The maximum absolute atomic E-state index is 9.60. The van der Waals surface area contributed by atoms with Gasteiger partial charge in [-0.25, -0.2) is 0 Å². The molecule has 19 heavy (non-hydrogen) atoms. The van der Waals surface area contributed by atoms with Gasteiger partial charge in [0.05, 0.1) is 0 Å². The second-order valence-electron chi connectivity index (χ2n) is 5.51. The topological polar surface area (TPSA) is 23.5 Å². The standard InChI is InChI=1S/C15H23NO.2ClH/c1-16(2)11-13-6-3-4-9-15(13)12-7-5-8-14(17)10-12;;/h5,7-8,10,13,15,17H,3-4,6,9,11H2,1-2H3;2*1H. The van der Waals surface area contributed by atoms with Crippen molar-refractivity contribution in [2.45, 2.75) is 31.6 Å². The Balaban J connectivity index is 0.00000162. The summed E-state index contributed by atoms with van der Waals surface area (Å²) in [6, 6.07) is 7.83. The molecule has 0 amide bonds. The third kappa shape index (κ3) is 5.21. The normalized spacial score (nSPS) is 22.5. The van der Waals surface area contributed by atoms with Gasteiger partial charge in [0.25, 0.3) is 0 Å². The second-order valence-corrected chi connectivity index (χ2v) is 5.51. The minimum Gasteiger partial charge on any atom is -0.508 e. The summed E-state index contributed by atoms with van der Waals surface area (Å²) in [5, 5.41) is 9.60. The Kier molecular flexibility index (Phi) is 8.47. The lowest BCUT2D eigenvalue weighted by atomic mass is 9.75. The Hall–Kier alpha value is -0.440. The highest BCUT2D eigenvalue weighted by molar-refractivity contribution is 5.85. The molecular weight excluding hydrogens is 281 g/mol. The first-order valence-corrected chi connectivity index (χ1v) is 6.60. The zero-order chi connectivity index (χ0) is 12.3. The van der Waals surface area contributed by atoms with E-state index in [9.17, 15) is 5.11 Å². The van der Waals surface area contributed by atoms with Gasteiger partial charge in [-0.1, -0.05) is 25.0 Å². The second kappa shape index (κ2) is 8.68. The Labute approximate surface area is 129 Å². The van der Waals surface area contributed by atoms with Gasteiger partial charge in [-0.15, -0.1) is 24.8 Å². The van der Waals surface area contributed by atoms with Crippen molar-refractivity contribution in [1.82, 2.24) is 4.90 Å². The molecule has 1 aromatic carbocycles. The molecule has 0 spiro atoms. The number of hydrogen-bond acceptors (Lipinski definition) is 2. The number of benzene rings is 1. The first-order valence-electron chi connectivity index (χ1n) is 6.60. The summed E-state index contributed by atoms with van der Waals surface area (Å²) >= 11 is 0. The molecule has 0 aromatic heterocycles. The van der Waals surface area contributed by atoms with Gasteiger partial charge < -0.3 is 10.0 Å². The van der Waals surface area contributed by atoms with Gasteiger partial charge in [-0.3, -0.25) is 0 Å². The molecular formula is C15H25Cl2NO. The Morgan fingerprint density at radius 3 is 2.47 bits per heavy atom. The van der Waals surface area contributed by atoms with Crippen LogP contribution in [0.25, 0.3) is 0 Å². The summed E-state index contributed by atoms with van der Waals surface area (Å²) in [7, 11) is 4.29. The van der Waals surface area contributed by atoms with Crippen molar-refractivity contribution < 1.29 is 5.11 Å². The molecule has 1 aliphatic rings. The lowest BCUT2D eigenvalue weighted by Gasteiger charge is -2.33. The van der Waals surface area contributed by atoms with E-state index in [1.54, 1.807) is 6.07 Å². The summed E-state index contributed by atoms with van der Waals surface area (Å²) in [6.07, 6.45) is 5.26. The highest BCUT2D eigenvalue weighted by Crippen LogP contribution is 2.38. The van der Waals surface area contributed by atoms with Crippen LogP contribution in [0.5, 0.6) is 5.75 Å². The van der Waals surface area contributed by atoms with Crippen molar-refractivity contribution in [3.8, 4) is 5.75 Å². The minimum absolute atomic E-state index is 0. The number of phenols is 1. The van der Waals surface area contributed by atoms with Gasteiger partial charge in [-0.05, 0) is 56.5 Å². The molecule has 2 unspecified atom stereocenters. The van der Waals surface area contributed by atoms with Crippen molar-refractivity contribution in [1.29, 1.82) is 0 Å². The fraction of sp³-hybridized carbons (Fsp3) is 0.600. The average molecular weight is 306 g/mol.